The minimum absolute atomic E-state index is 0.0721. The Kier molecular flexibility index (Phi) is 5.12. The number of anilines is 1. The number of likely N-dealkylation sites (N-methyl/N-ethyl adjacent to an activating group) is 1. The van der Waals surface area contributed by atoms with Gasteiger partial charge < -0.3 is 19.7 Å². The van der Waals surface area contributed by atoms with Gasteiger partial charge in [0.05, 0.1) is 6.54 Å². The largest absolute Gasteiger partial charge is 0.454 e. The lowest BCUT2D eigenvalue weighted by Crippen LogP contribution is -2.35. The summed E-state index contributed by atoms with van der Waals surface area (Å²) in [6.45, 7) is 7.83. The molecule has 0 spiro atoms. The van der Waals surface area contributed by atoms with Gasteiger partial charge in [0.1, 0.15) is 0 Å². The summed E-state index contributed by atoms with van der Waals surface area (Å²) >= 11 is 0. The molecule has 0 atom stereocenters. The predicted molar refractivity (Wildman–Crippen MR) is 98.1 cm³/mol. The van der Waals surface area contributed by atoms with Gasteiger partial charge in [-0.25, -0.2) is 0 Å². The Hall–Kier alpha value is -2.69. The summed E-state index contributed by atoms with van der Waals surface area (Å²) in [6, 6.07) is 11.9. The molecule has 0 fully saturated rings. The van der Waals surface area contributed by atoms with Crippen LogP contribution in [0.4, 0.5) is 5.69 Å². The minimum Gasteiger partial charge on any atom is -0.454 e. The molecule has 0 bridgehead atoms. The first-order valence-corrected chi connectivity index (χ1v) is 8.55. The Morgan fingerprint density at radius 3 is 2.56 bits per heavy atom. The first-order valence-electron chi connectivity index (χ1n) is 8.55. The molecule has 1 aliphatic rings. The van der Waals surface area contributed by atoms with Crippen molar-refractivity contribution in [3.63, 3.8) is 0 Å². The summed E-state index contributed by atoms with van der Waals surface area (Å²) < 4.78 is 10.7. The van der Waals surface area contributed by atoms with E-state index in [1.54, 1.807) is 0 Å². The van der Waals surface area contributed by atoms with Crippen molar-refractivity contribution < 1.29 is 14.3 Å². The topological polar surface area (TPSA) is 50.8 Å². The molecule has 1 amide bonds. The van der Waals surface area contributed by atoms with Gasteiger partial charge >= 0.3 is 0 Å². The van der Waals surface area contributed by atoms with Gasteiger partial charge in [0.15, 0.2) is 11.5 Å². The number of para-hydroxylation sites is 1. The molecule has 5 heteroatoms. The number of hydrogen-bond donors (Lipinski definition) is 1. The van der Waals surface area contributed by atoms with Crippen LogP contribution in [-0.2, 0) is 11.3 Å². The molecule has 2 aromatic carbocycles. The molecular weight excluding hydrogens is 316 g/mol. The smallest absolute Gasteiger partial charge is 0.242 e. The summed E-state index contributed by atoms with van der Waals surface area (Å²) in [5, 5.41) is 3.29. The predicted octanol–water partition coefficient (Wildman–Crippen LogP) is 3.49. The molecule has 25 heavy (non-hydrogen) atoms. The number of carbonyl (C=O) groups is 1. The van der Waals surface area contributed by atoms with E-state index >= 15 is 0 Å². The highest BCUT2D eigenvalue weighted by Crippen LogP contribution is 2.32. The fourth-order valence-corrected chi connectivity index (χ4v) is 3.01. The lowest BCUT2D eigenvalue weighted by Gasteiger charge is -2.22. The summed E-state index contributed by atoms with van der Waals surface area (Å²) in [4.78, 5) is 14.4. The first kappa shape index (κ1) is 17.1. The van der Waals surface area contributed by atoms with Crippen LogP contribution in [-0.4, -0.2) is 30.7 Å². The van der Waals surface area contributed by atoms with E-state index in [4.69, 9.17) is 9.47 Å². The van der Waals surface area contributed by atoms with Crippen molar-refractivity contribution in [3.05, 3.63) is 53.1 Å². The average molecular weight is 340 g/mol. The molecule has 2 aromatic rings. The van der Waals surface area contributed by atoms with Crippen molar-refractivity contribution >= 4 is 11.6 Å². The molecule has 132 valence electrons. The maximum Gasteiger partial charge on any atom is 0.242 e. The number of fused-ring (bicyclic) bond motifs is 1. The summed E-state index contributed by atoms with van der Waals surface area (Å²) in [6.07, 6.45) is 0. The Balaban J connectivity index is 1.63. The van der Waals surface area contributed by atoms with Crippen molar-refractivity contribution in [2.75, 3.05) is 25.2 Å². The SMILES string of the molecule is CCN(Cc1ccc2c(c1)OCO2)C(=O)CNc1c(C)cccc1C. The van der Waals surface area contributed by atoms with E-state index in [2.05, 4.69) is 5.32 Å². The molecule has 3 rings (SSSR count). The summed E-state index contributed by atoms with van der Waals surface area (Å²) in [5.74, 6) is 1.58. The highest BCUT2D eigenvalue weighted by atomic mass is 16.7. The molecule has 0 aromatic heterocycles. The zero-order valence-corrected chi connectivity index (χ0v) is 15.0. The fraction of sp³-hybridized carbons (Fsp3) is 0.350. The van der Waals surface area contributed by atoms with E-state index in [0.717, 1.165) is 33.9 Å². The Labute approximate surface area is 148 Å². The average Bonchev–Trinajstić information content (AvgIpc) is 3.06. The van der Waals surface area contributed by atoms with Gasteiger partial charge in [-0.05, 0) is 49.6 Å². The normalized spacial score (nSPS) is 12.1. The third-order valence-corrected chi connectivity index (χ3v) is 4.44. The molecule has 0 saturated heterocycles. The van der Waals surface area contributed by atoms with Gasteiger partial charge in [-0.1, -0.05) is 24.3 Å². The molecule has 0 radical (unpaired) electrons. The first-order chi connectivity index (χ1) is 12.1. The van der Waals surface area contributed by atoms with Crippen molar-refractivity contribution in [2.24, 2.45) is 0 Å². The van der Waals surface area contributed by atoms with Gasteiger partial charge in [0.2, 0.25) is 12.7 Å². The number of nitrogens with zero attached hydrogens (tertiary/aromatic N) is 1. The second-order valence-corrected chi connectivity index (χ2v) is 6.22. The quantitative estimate of drug-likeness (QED) is 0.874. The number of hydrogen-bond acceptors (Lipinski definition) is 4. The van der Waals surface area contributed by atoms with Crippen LogP contribution in [0.15, 0.2) is 36.4 Å². The van der Waals surface area contributed by atoms with E-state index < -0.39 is 0 Å². The second-order valence-electron chi connectivity index (χ2n) is 6.22. The second kappa shape index (κ2) is 7.47. The zero-order valence-electron chi connectivity index (χ0n) is 15.0. The van der Waals surface area contributed by atoms with E-state index in [9.17, 15) is 4.79 Å². The molecule has 5 nitrogen and oxygen atoms in total. The van der Waals surface area contributed by atoms with Gasteiger partial charge in [0, 0.05) is 18.8 Å². The van der Waals surface area contributed by atoms with Crippen LogP contribution >= 0.6 is 0 Å². The number of benzene rings is 2. The van der Waals surface area contributed by atoms with Crippen LogP contribution in [0.1, 0.15) is 23.6 Å². The standard InChI is InChI=1S/C20H24N2O3/c1-4-22(12-16-8-9-17-18(10-16)25-13-24-17)19(23)11-21-20-14(2)6-5-7-15(20)3/h5-10,21H,4,11-13H2,1-3H3. The number of ether oxygens (including phenoxy) is 2. The fourth-order valence-electron chi connectivity index (χ4n) is 3.01. The summed E-state index contributed by atoms with van der Waals surface area (Å²) in [7, 11) is 0. The maximum absolute atomic E-state index is 12.6. The lowest BCUT2D eigenvalue weighted by molar-refractivity contribution is -0.129. The monoisotopic (exact) mass is 340 g/mol. The number of rotatable bonds is 6. The minimum atomic E-state index is 0.0721. The third-order valence-electron chi connectivity index (χ3n) is 4.44. The molecule has 1 heterocycles. The number of nitrogens with one attached hydrogen (secondary N) is 1. The molecular formula is C20H24N2O3. The number of aryl methyl sites for hydroxylation is 2. The van der Waals surface area contributed by atoms with Crippen molar-refractivity contribution in [1.29, 1.82) is 0 Å². The van der Waals surface area contributed by atoms with E-state index in [0.29, 0.717) is 13.1 Å². The van der Waals surface area contributed by atoms with Crippen molar-refractivity contribution in [1.82, 2.24) is 4.90 Å². The number of amides is 1. The third kappa shape index (κ3) is 3.87. The maximum atomic E-state index is 12.6. The van der Waals surface area contributed by atoms with E-state index in [1.807, 2.05) is 62.1 Å². The Morgan fingerprint density at radius 1 is 1.12 bits per heavy atom. The van der Waals surface area contributed by atoms with Crippen LogP contribution in [0, 0.1) is 13.8 Å². The summed E-state index contributed by atoms with van der Waals surface area (Å²) in [5.41, 5.74) is 4.36. The highest BCUT2D eigenvalue weighted by molar-refractivity contribution is 5.81. The Morgan fingerprint density at radius 2 is 1.84 bits per heavy atom. The van der Waals surface area contributed by atoms with Crippen LogP contribution < -0.4 is 14.8 Å². The molecule has 0 aliphatic carbocycles. The van der Waals surface area contributed by atoms with Gasteiger partial charge in [-0.2, -0.15) is 0 Å². The molecule has 1 N–H and O–H groups in total. The van der Waals surface area contributed by atoms with E-state index in [1.165, 1.54) is 0 Å². The van der Waals surface area contributed by atoms with E-state index in [-0.39, 0.29) is 19.2 Å². The van der Waals surface area contributed by atoms with Crippen LogP contribution in [0.2, 0.25) is 0 Å². The van der Waals surface area contributed by atoms with Crippen LogP contribution in [0.25, 0.3) is 0 Å². The lowest BCUT2D eigenvalue weighted by atomic mass is 10.1. The van der Waals surface area contributed by atoms with Crippen LogP contribution in [0.5, 0.6) is 11.5 Å². The van der Waals surface area contributed by atoms with Gasteiger partial charge in [-0.15, -0.1) is 0 Å². The van der Waals surface area contributed by atoms with Gasteiger partial charge in [0.25, 0.3) is 0 Å². The molecule has 0 saturated carbocycles. The van der Waals surface area contributed by atoms with Crippen molar-refractivity contribution in [3.8, 4) is 11.5 Å². The van der Waals surface area contributed by atoms with Crippen molar-refractivity contribution in [2.45, 2.75) is 27.3 Å². The molecule has 0 unspecified atom stereocenters. The highest BCUT2D eigenvalue weighted by Gasteiger charge is 2.17. The Bertz CT molecular complexity index is 753. The number of carbonyl (C=O) groups excluding carboxylic acids is 1. The zero-order chi connectivity index (χ0) is 17.8. The van der Waals surface area contributed by atoms with Crippen LogP contribution in [0.3, 0.4) is 0 Å². The van der Waals surface area contributed by atoms with Gasteiger partial charge in [-0.3, -0.25) is 4.79 Å². The molecule has 1 aliphatic heterocycles.